The van der Waals surface area contributed by atoms with Crippen LogP contribution in [0.4, 0.5) is 0 Å². The van der Waals surface area contributed by atoms with Gasteiger partial charge in [-0.3, -0.25) is 0 Å². The standard InChI is InChI=1S/C18H25NO2/c1-14-11-18(21-3)16(12-17(14)20-2)9-10-19-13-15-7-5-4-6-8-15/h5,7-8,11-12,19H,4,6,9-10,13H2,1-3H3. The largest absolute Gasteiger partial charge is 0.496 e. The predicted molar refractivity (Wildman–Crippen MR) is 87.3 cm³/mol. The Morgan fingerprint density at radius 1 is 1.10 bits per heavy atom. The van der Waals surface area contributed by atoms with Crippen LogP contribution in [0.5, 0.6) is 11.5 Å². The number of nitrogens with one attached hydrogen (secondary N) is 1. The molecule has 0 bridgehead atoms. The van der Waals surface area contributed by atoms with Crippen LogP contribution in [0.1, 0.15) is 24.0 Å². The zero-order valence-corrected chi connectivity index (χ0v) is 13.2. The quantitative estimate of drug-likeness (QED) is 0.779. The van der Waals surface area contributed by atoms with E-state index in [9.17, 15) is 0 Å². The lowest BCUT2D eigenvalue weighted by atomic mass is 10.1. The number of benzene rings is 1. The first-order valence-electron chi connectivity index (χ1n) is 7.52. The van der Waals surface area contributed by atoms with E-state index in [1.54, 1.807) is 14.2 Å². The Kier molecular flexibility index (Phi) is 5.88. The van der Waals surface area contributed by atoms with Crippen LogP contribution in [0, 0.1) is 6.92 Å². The molecule has 0 spiro atoms. The molecular weight excluding hydrogens is 262 g/mol. The van der Waals surface area contributed by atoms with Gasteiger partial charge in [-0.2, -0.15) is 0 Å². The molecule has 0 aliphatic heterocycles. The summed E-state index contributed by atoms with van der Waals surface area (Å²) >= 11 is 0. The van der Waals surface area contributed by atoms with Crippen molar-refractivity contribution in [1.82, 2.24) is 5.32 Å². The number of hydrogen-bond acceptors (Lipinski definition) is 3. The molecule has 1 aliphatic rings. The minimum absolute atomic E-state index is 0.920. The summed E-state index contributed by atoms with van der Waals surface area (Å²) in [6.07, 6.45) is 10.0. The van der Waals surface area contributed by atoms with Crippen LogP contribution in [0.25, 0.3) is 0 Å². The number of aryl methyl sites for hydroxylation is 1. The monoisotopic (exact) mass is 287 g/mol. The molecule has 0 amide bonds. The summed E-state index contributed by atoms with van der Waals surface area (Å²) in [6, 6.07) is 4.12. The van der Waals surface area contributed by atoms with Crippen molar-refractivity contribution in [3.8, 4) is 11.5 Å². The van der Waals surface area contributed by atoms with E-state index in [4.69, 9.17) is 9.47 Å². The van der Waals surface area contributed by atoms with Gasteiger partial charge in [0.15, 0.2) is 0 Å². The van der Waals surface area contributed by atoms with Crippen molar-refractivity contribution < 1.29 is 9.47 Å². The summed E-state index contributed by atoms with van der Waals surface area (Å²) in [6.45, 7) is 3.89. The van der Waals surface area contributed by atoms with Gasteiger partial charge < -0.3 is 14.8 Å². The van der Waals surface area contributed by atoms with E-state index in [2.05, 4.69) is 29.6 Å². The molecule has 0 unspecified atom stereocenters. The Morgan fingerprint density at radius 2 is 1.90 bits per heavy atom. The molecule has 0 saturated heterocycles. The van der Waals surface area contributed by atoms with Gasteiger partial charge in [0.1, 0.15) is 11.5 Å². The number of ether oxygens (including phenoxy) is 2. The molecule has 1 aliphatic carbocycles. The Bertz CT molecular complexity index is 532. The lowest BCUT2D eigenvalue weighted by Crippen LogP contribution is -2.20. The van der Waals surface area contributed by atoms with Crippen LogP contribution in [0.2, 0.25) is 0 Å². The number of allylic oxidation sites excluding steroid dienone is 2. The average molecular weight is 287 g/mol. The third kappa shape index (κ3) is 4.36. The SMILES string of the molecule is COc1cc(CCNCC2=CCCC=C2)c(OC)cc1C. The molecule has 1 aromatic carbocycles. The molecule has 0 radical (unpaired) electrons. The third-order valence-electron chi connectivity index (χ3n) is 3.77. The fourth-order valence-electron chi connectivity index (χ4n) is 2.56. The van der Waals surface area contributed by atoms with E-state index in [-0.39, 0.29) is 0 Å². The smallest absolute Gasteiger partial charge is 0.122 e. The van der Waals surface area contributed by atoms with Crippen LogP contribution in [-0.4, -0.2) is 27.3 Å². The maximum absolute atomic E-state index is 5.47. The summed E-state index contributed by atoms with van der Waals surface area (Å²) in [7, 11) is 3.43. The minimum atomic E-state index is 0.920. The summed E-state index contributed by atoms with van der Waals surface area (Å²) in [5.41, 5.74) is 3.67. The number of methoxy groups -OCH3 is 2. The number of hydrogen-bond donors (Lipinski definition) is 1. The third-order valence-corrected chi connectivity index (χ3v) is 3.77. The van der Waals surface area contributed by atoms with Crippen molar-refractivity contribution >= 4 is 0 Å². The van der Waals surface area contributed by atoms with Crippen molar-refractivity contribution in [3.63, 3.8) is 0 Å². The van der Waals surface area contributed by atoms with Crippen molar-refractivity contribution in [2.45, 2.75) is 26.2 Å². The van der Waals surface area contributed by atoms with E-state index in [0.717, 1.165) is 43.0 Å². The van der Waals surface area contributed by atoms with Crippen molar-refractivity contribution in [2.24, 2.45) is 0 Å². The number of rotatable bonds is 7. The van der Waals surface area contributed by atoms with E-state index < -0.39 is 0 Å². The second kappa shape index (κ2) is 7.89. The van der Waals surface area contributed by atoms with Crippen LogP contribution in [0.15, 0.2) is 35.9 Å². The lowest BCUT2D eigenvalue weighted by molar-refractivity contribution is 0.396. The zero-order valence-electron chi connectivity index (χ0n) is 13.2. The summed E-state index contributed by atoms with van der Waals surface area (Å²) < 4.78 is 10.9. The van der Waals surface area contributed by atoms with Crippen LogP contribution in [-0.2, 0) is 6.42 Å². The maximum atomic E-state index is 5.47. The molecule has 0 heterocycles. The Balaban J connectivity index is 1.90. The van der Waals surface area contributed by atoms with Gasteiger partial charge in [0.25, 0.3) is 0 Å². The van der Waals surface area contributed by atoms with E-state index in [0.29, 0.717) is 0 Å². The normalized spacial score (nSPS) is 14.0. The highest BCUT2D eigenvalue weighted by atomic mass is 16.5. The van der Waals surface area contributed by atoms with Gasteiger partial charge >= 0.3 is 0 Å². The Labute approximate surface area is 127 Å². The molecule has 0 atom stereocenters. The van der Waals surface area contributed by atoms with Crippen molar-refractivity contribution in [3.05, 3.63) is 47.1 Å². The van der Waals surface area contributed by atoms with E-state index in [1.807, 2.05) is 13.0 Å². The highest BCUT2D eigenvalue weighted by Crippen LogP contribution is 2.28. The minimum Gasteiger partial charge on any atom is -0.496 e. The van der Waals surface area contributed by atoms with Gasteiger partial charge in [-0.15, -0.1) is 0 Å². The Morgan fingerprint density at radius 3 is 2.57 bits per heavy atom. The fraction of sp³-hybridized carbons (Fsp3) is 0.444. The van der Waals surface area contributed by atoms with E-state index >= 15 is 0 Å². The topological polar surface area (TPSA) is 30.5 Å². The molecule has 2 rings (SSSR count). The van der Waals surface area contributed by atoms with Gasteiger partial charge in [-0.1, -0.05) is 18.2 Å². The molecule has 3 nitrogen and oxygen atoms in total. The summed E-state index contributed by atoms with van der Waals surface area (Å²) in [5, 5.41) is 3.49. The first-order chi connectivity index (χ1) is 10.2. The molecule has 3 heteroatoms. The molecule has 0 fully saturated rings. The molecule has 0 aromatic heterocycles. The first-order valence-corrected chi connectivity index (χ1v) is 7.52. The van der Waals surface area contributed by atoms with Crippen LogP contribution < -0.4 is 14.8 Å². The highest BCUT2D eigenvalue weighted by molar-refractivity contribution is 5.46. The van der Waals surface area contributed by atoms with Gasteiger partial charge in [0.2, 0.25) is 0 Å². The van der Waals surface area contributed by atoms with Gasteiger partial charge in [-0.25, -0.2) is 0 Å². The summed E-state index contributed by atoms with van der Waals surface area (Å²) in [5.74, 6) is 1.86. The molecular formula is C18H25NO2. The van der Waals surface area contributed by atoms with E-state index in [1.165, 1.54) is 17.6 Å². The lowest BCUT2D eigenvalue weighted by Gasteiger charge is -2.14. The molecule has 114 valence electrons. The molecule has 0 saturated carbocycles. The summed E-state index contributed by atoms with van der Waals surface area (Å²) in [4.78, 5) is 0. The van der Waals surface area contributed by atoms with Gasteiger partial charge in [0, 0.05) is 6.54 Å². The molecule has 1 aromatic rings. The van der Waals surface area contributed by atoms with Gasteiger partial charge in [-0.05, 0) is 61.6 Å². The molecule has 21 heavy (non-hydrogen) atoms. The highest BCUT2D eigenvalue weighted by Gasteiger charge is 2.08. The first kappa shape index (κ1) is 15.6. The van der Waals surface area contributed by atoms with Crippen LogP contribution >= 0.6 is 0 Å². The predicted octanol–water partition coefficient (Wildman–Crippen LogP) is 3.42. The van der Waals surface area contributed by atoms with Crippen molar-refractivity contribution in [1.29, 1.82) is 0 Å². The maximum Gasteiger partial charge on any atom is 0.122 e. The average Bonchev–Trinajstić information content (AvgIpc) is 2.53. The van der Waals surface area contributed by atoms with Crippen molar-refractivity contribution in [2.75, 3.05) is 27.3 Å². The second-order valence-corrected chi connectivity index (χ2v) is 5.32. The Hall–Kier alpha value is -1.74. The van der Waals surface area contributed by atoms with Gasteiger partial charge in [0.05, 0.1) is 14.2 Å². The second-order valence-electron chi connectivity index (χ2n) is 5.32. The van der Waals surface area contributed by atoms with Crippen LogP contribution in [0.3, 0.4) is 0 Å². The molecule has 1 N–H and O–H groups in total. The zero-order chi connectivity index (χ0) is 15.1. The fourth-order valence-corrected chi connectivity index (χ4v) is 2.56.